The Labute approximate surface area is 111 Å². The Balaban J connectivity index is 3.02. The van der Waals surface area contributed by atoms with E-state index in [0.717, 1.165) is 4.90 Å². The Kier molecular flexibility index (Phi) is 4.31. The predicted octanol–water partition coefficient (Wildman–Crippen LogP) is -0.840. The Morgan fingerprint density at radius 1 is 1.21 bits per heavy atom. The van der Waals surface area contributed by atoms with Gasteiger partial charge >= 0.3 is 6.03 Å². The van der Waals surface area contributed by atoms with Gasteiger partial charge in [0, 0.05) is 6.54 Å². The quantitative estimate of drug-likeness (QED) is 0.638. The van der Waals surface area contributed by atoms with Crippen LogP contribution >= 0.6 is 0 Å². The molecule has 0 unspecified atom stereocenters. The van der Waals surface area contributed by atoms with Crippen LogP contribution in [0.1, 0.15) is 26.7 Å². The maximum atomic E-state index is 12.3. The van der Waals surface area contributed by atoms with E-state index in [0.29, 0.717) is 0 Å². The molecular formula is C10H17N3O5S. The van der Waals surface area contributed by atoms with E-state index in [1.54, 1.807) is 13.8 Å². The van der Waals surface area contributed by atoms with Gasteiger partial charge < -0.3 is 0 Å². The summed E-state index contributed by atoms with van der Waals surface area (Å²) in [6.45, 7) is 2.96. The van der Waals surface area contributed by atoms with Crippen molar-refractivity contribution in [2.24, 2.45) is 10.6 Å². The zero-order chi connectivity index (χ0) is 14.8. The van der Waals surface area contributed by atoms with E-state index in [4.69, 9.17) is 5.14 Å². The van der Waals surface area contributed by atoms with Crippen molar-refractivity contribution >= 4 is 27.9 Å². The lowest BCUT2D eigenvalue weighted by molar-refractivity contribution is -0.151. The molecule has 108 valence electrons. The number of primary sulfonamides is 1. The number of nitrogens with zero attached hydrogens (tertiary/aromatic N) is 1. The van der Waals surface area contributed by atoms with Crippen LogP contribution < -0.4 is 10.5 Å². The molecule has 4 amide bonds. The van der Waals surface area contributed by atoms with Gasteiger partial charge in [0.25, 0.3) is 0 Å². The number of urea groups is 1. The van der Waals surface area contributed by atoms with Crippen molar-refractivity contribution in [2.45, 2.75) is 26.7 Å². The monoisotopic (exact) mass is 291 g/mol. The van der Waals surface area contributed by atoms with Crippen LogP contribution in [0.2, 0.25) is 0 Å². The van der Waals surface area contributed by atoms with Gasteiger partial charge in [-0.25, -0.2) is 18.4 Å². The van der Waals surface area contributed by atoms with E-state index in [2.05, 4.69) is 5.32 Å². The molecule has 1 rings (SSSR count). The predicted molar refractivity (Wildman–Crippen MR) is 66.2 cm³/mol. The number of amides is 4. The highest BCUT2D eigenvalue weighted by Gasteiger charge is 2.51. The summed E-state index contributed by atoms with van der Waals surface area (Å²) in [6.07, 6.45) is 0.459. The number of carbonyl (C=O) groups is 3. The first kappa shape index (κ1) is 15.6. The number of hydrogen-bond donors (Lipinski definition) is 2. The summed E-state index contributed by atoms with van der Waals surface area (Å²) in [6, 6.07) is -0.906. The first-order valence-corrected chi connectivity index (χ1v) is 7.57. The van der Waals surface area contributed by atoms with Gasteiger partial charge in [0.2, 0.25) is 21.8 Å². The first-order chi connectivity index (χ1) is 8.68. The summed E-state index contributed by atoms with van der Waals surface area (Å²) in [7, 11) is -3.79. The average Bonchev–Trinajstić information content (AvgIpc) is 2.28. The minimum atomic E-state index is -3.79. The molecule has 0 aliphatic carbocycles. The van der Waals surface area contributed by atoms with Crippen LogP contribution in [-0.2, 0) is 19.6 Å². The molecule has 1 aliphatic rings. The third kappa shape index (κ3) is 2.92. The van der Waals surface area contributed by atoms with Gasteiger partial charge in [-0.3, -0.25) is 19.8 Å². The molecule has 0 spiro atoms. The van der Waals surface area contributed by atoms with Gasteiger partial charge in [-0.2, -0.15) is 0 Å². The van der Waals surface area contributed by atoms with Crippen molar-refractivity contribution in [3.05, 3.63) is 0 Å². The lowest BCUT2D eigenvalue weighted by atomic mass is 9.78. The Morgan fingerprint density at radius 2 is 1.74 bits per heavy atom. The van der Waals surface area contributed by atoms with E-state index < -0.39 is 39.0 Å². The number of sulfonamides is 1. The summed E-state index contributed by atoms with van der Waals surface area (Å²) in [4.78, 5) is 36.4. The highest BCUT2D eigenvalue weighted by atomic mass is 32.2. The summed E-state index contributed by atoms with van der Waals surface area (Å²) in [5.74, 6) is -1.85. The maximum Gasteiger partial charge on any atom is 0.330 e. The Bertz CT molecular complexity index is 509. The van der Waals surface area contributed by atoms with Crippen LogP contribution in [0, 0.1) is 5.41 Å². The van der Waals surface area contributed by atoms with Crippen molar-refractivity contribution in [1.82, 2.24) is 10.2 Å². The standard InChI is InChI=1S/C10H17N3O5S/c1-3-10(4-2)7(14)12-9(16)13(8(10)15)5-6-19(11,17)18/h3-6H2,1-2H3,(H2,11,17,18)(H,12,14,16). The van der Waals surface area contributed by atoms with Crippen LogP contribution in [0.25, 0.3) is 0 Å². The number of rotatable bonds is 5. The van der Waals surface area contributed by atoms with Gasteiger partial charge in [-0.1, -0.05) is 13.8 Å². The van der Waals surface area contributed by atoms with Crippen molar-refractivity contribution in [2.75, 3.05) is 12.3 Å². The molecule has 1 saturated heterocycles. The molecule has 0 bridgehead atoms. The zero-order valence-corrected chi connectivity index (χ0v) is 11.6. The number of barbiturate groups is 1. The molecule has 0 aromatic rings. The van der Waals surface area contributed by atoms with E-state index in [1.165, 1.54) is 0 Å². The molecule has 1 fully saturated rings. The van der Waals surface area contributed by atoms with Gasteiger partial charge in [-0.05, 0) is 12.8 Å². The lowest BCUT2D eigenvalue weighted by Gasteiger charge is -2.38. The van der Waals surface area contributed by atoms with Crippen molar-refractivity contribution < 1.29 is 22.8 Å². The summed E-state index contributed by atoms with van der Waals surface area (Å²) >= 11 is 0. The van der Waals surface area contributed by atoms with Crippen molar-refractivity contribution in [1.29, 1.82) is 0 Å². The number of nitrogens with two attached hydrogens (primary N) is 1. The average molecular weight is 291 g/mol. The molecule has 19 heavy (non-hydrogen) atoms. The molecule has 0 atom stereocenters. The fourth-order valence-corrected chi connectivity index (χ4v) is 2.46. The fraction of sp³-hybridized carbons (Fsp3) is 0.700. The highest BCUT2D eigenvalue weighted by molar-refractivity contribution is 7.89. The summed E-state index contributed by atoms with van der Waals surface area (Å²) in [5, 5.41) is 6.92. The third-order valence-corrected chi connectivity index (χ3v) is 4.11. The molecule has 3 N–H and O–H groups in total. The van der Waals surface area contributed by atoms with Crippen LogP contribution in [0.5, 0.6) is 0 Å². The Hall–Kier alpha value is -1.48. The van der Waals surface area contributed by atoms with E-state index in [-0.39, 0.29) is 19.4 Å². The first-order valence-electron chi connectivity index (χ1n) is 5.85. The molecule has 1 heterocycles. The van der Waals surface area contributed by atoms with Gasteiger partial charge in [0.05, 0.1) is 5.75 Å². The minimum Gasteiger partial charge on any atom is -0.277 e. The number of carbonyl (C=O) groups excluding carboxylic acids is 3. The van der Waals surface area contributed by atoms with E-state index >= 15 is 0 Å². The van der Waals surface area contributed by atoms with Gasteiger partial charge in [-0.15, -0.1) is 0 Å². The normalized spacial score (nSPS) is 19.5. The smallest absolute Gasteiger partial charge is 0.277 e. The second-order valence-electron chi connectivity index (χ2n) is 4.37. The highest BCUT2D eigenvalue weighted by Crippen LogP contribution is 2.32. The number of imide groups is 2. The maximum absolute atomic E-state index is 12.3. The number of hydrogen-bond acceptors (Lipinski definition) is 5. The second-order valence-corrected chi connectivity index (χ2v) is 6.11. The van der Waals surface area contributed by atoms with Gasteiger partial charge in [0.15, 0.2) is 0 Å². The van der Waals surface area contributed by atoms with Crippen LogP contribution in [0.3, 0.4) is 0 Å². The molecule has 1 aliphatic heterocycles. The second kappa shape index (κ2) is 5.25. The molecule has 8 nitrogen and oxygen atoms in total. The third-order valence-electron chi connectivity index (χ3n) is 3.36. The molecule has 0 aromatic heterocycles. The minimum absolute atomic E-state index is 0.229. The largest absolute Gasteiger partial charge is 0.330 e. The lowest BCUT2D eigenvalue weighted by Crippen LogP contribution is -2.64. The zero-order valence-electron chi connectivity index (χ0n) is 10.8. The van der Waals surface area contributed by atoms with Gasteiger partial charge in [0.1, 0.15) is 5.41 Å². The topological polar surface area (TPSA) is 127 Å². The van der Waals surface area contributed by atoms with Crippen LogP contribution in [0.4, 0.5) is 4.79 Å². The molecule has 0 saturated carbocycles. The Morgan fingerprint density at radius 3 is 2.16 bits per heavy atom. The van der Waals surface area contributed by atoms with Crippen molar-refractivity contribution in [3.63, 3.8) is 0 Å². The van der Waals surface area contributed by atoms with E-state index in [1.807, 2.05) is 0 Å². The SMILES string of the molecule is CCC1(CC)C(=O)NC(=O)N(CCS(N)(=O)=O)C1=O. The van der Waals surface area contributed by atoms with Crippen LogP contribution in [0.15, 0.2) is 0 Å². The molecule has 9 heteroatoms. The summed E-state index contributed by atoms with van der Waals surface area (Å²) < 4.78 is 21.8. The molecule has 0 aromatic carbocycles. The van der Waals surface area contributed by atoms with E-state index in [9.17, 15) is 22.8 Å². The fourth-order valence-electron chi connectivity index (χ4n) is 2.03. The molecular weight excluding hydrogens is 274 g/mol. The summed E-state index contributed by atoms with van der Waals surface area (Å²) in [5.41, 5.74) is -1.31. The number of nitrogens with one attached hydrogen (secondary N) is 1. The molecule has 0 radical (unpaired) electrons. The van der Waals surface area contributed by atoms with Crippen LogP contribution in [-0.4, -0.2) is 43.5 Å². The van der Waals surface area contributed by atoms with Crippen molar-refractivity contribution in [3.8, 4) is 0 Å².